The average Bonchev–Trinajstić information content (AvgIpc) is 3.18. The van der Waals surface area contributed by atoms with Gasteiger partial charge in [0.15, 0.2) is 5.75 Å². The molecule has 0 unspecified atom stereocenters. The molecule has 6 nitrogen and oxygen atoms in total. The fourth-order valence-electron chi connectivity index (χ4n) is 3.25. The van der Waals surface area contributed by atoms with E-state index >= 15 is 0 Å². The second-order valence-corrected chi connectivity index (χ2v) is 6.94. The van der Waals surface area contributed by atoms with Crippen LogP contribution in [0.3, 0.4) is 0 Å². The maximum Gasteiger partial charge on any atom is 0.295 e. The number of benzene rings is 2. The molecule has 1 aliphatic rings. The van der Waals surface area contributed by atoms with Gasteiger partial charge in [0, 0.05) is 19.5 Å². The number of ether oxygens (including phenoxy) is 1. The highest BCUT2D eigenvalue weighted by Crippen LogP contribution is 2.42. The number of carbonyl (C=O) groups excluding carboxylic acids is 1. The molecule has 4 rings (SSSR count). The van der Waals surface area contributed by atoms with E-state index in [0.29, 0.717) is 17.9 Å². The van der Waals surface area contributed by atoms with E-state index in [2.05, 4.69) is 10.3 Å². The van der Waals surface area contributed by atoms with Crippen LogP contribution in [0, 0.1) is 12.7 Å². The van der Waals surface area contributed by atoms with Crippen molar-refractivity contribution in [3.8, 4) is 11.5 Å². The van der Waals surface area contributed by atoms with Crippen LogP contribution in [-0.2, 0) is 11.2 Å². The molecule has 0 spiro atoms. The number of hydrogen-bond acceptors (Lipinski definition) is 5. The molecule has 1 amide bonds. The van der Waals surface area contributed by atoms with Crippen molar-refractivity contribution in [1.82, 2.24) is 4.98 Å². The lowest BCUT2D eigenvalue weighted by Crippen LogP contribution is -2.46. The number of hydrogen-bond donors (Lipinski definition) is 1. The molecule has 2 aromatic carbocycles. The summed E-state index contributed by atoms with van der Waals surface area (Å²) in [6.07, 6.45) is 3.37. The van der Waals surface area contributed by atoms with Gasteiger partial charge in [0.2, 0.25) is 5.91 Å². The predicted molar refractivity (Wildman–Crippen MR) is 104 cm³/mol. The fraction of sp³-hybridized carbons (Fsp3) is 0.200. The third-order valence-corrected chi connectivity index (χ3v) is 4.95. The van der Waals surface area contributed by atoms with Crippen LogP contribution in [0.2, 0.25) is 5.02 Å². The molecular weight excluding hydrogens is 385 g/mol. The highest BCUT2D eigenvalue weighted by Gasteiger charge is 2.34. The van der Waals surface area contributed by atoms with Gasteiger partial charge < -0.3 is 19.4 Å². The van der Waals surface area contributed by atoms with Crippen molar-refractivity contribution in [2.75, 3.05) is 17.3 Å². The van der Waals surface area contributed by atoms with Crippen molar-refractivity contribution >= 4 is 29.2 Å². The lowest BCUT2D eigenvalue weighted by molar-refractivity contribution is -0.119. The van der Waals surface area contributed by atoms with Gasteiger partial charge in [0.05, 0.1) is 16.9 Å². The molecule has 0 fully saturated rings. The van der Waals surface area contributed by atoms with E-state index in [0.717, 1.165) is 11.1 Å². The zero-order valence-corrected chi connectivity index (χ0v) is 16.0. The van der Waals surface area contributed by atoms with Crippen LogP contribution < -0.4 is 15.0 Å². The molecular formula is C20H17ClFN3O3. The topological polar surface area (TPSA) is 67.6 Å². The molecule has 1 aliphatic heterocycles. The smallest absolute Gasteiger partial charge is 0.295 e. The SMILES string of the molecule is Cc1ccc2c(c1Oc1cc(F)ccc1Cl)N(C)C(=O)[C@H](Nc1ncco1)C2. The summed E-state index contributed by atoms with van der Waals surface area (Å²) in [7, 11) is 1.67. The van der Waals surface area contributed by atoms with E-state index in [1.54, 1.807) is 7.05 Å². The molecule has 1 N–H and O–H groups in total. The second-order valence-electron chi connectivity index (χ2n) is 6.53. The number of likely N-dealkylation sites (N-methyl/N-ethyl adjacent to an activating group) is 1. The Kier molecular flexibility index (Phi) is 4.68. The first-order valence-electron chi connectivity index (χ1n) is 8.63. The molecule has 0 radical (unpaired) electrons. The van der Waals surface area contributed by atoms with Crippen LogP contribution in [0.1, 0.15) is 11.1 Å². The molecule has 1 atom stereocenters. The van der Waals surface area contributed by atoms with Gasteiger partial charge in [-0.25, -0.2) is 9.37 Å². The van der Waals surface area contributed by atoms with Crippen molar-refractivity contribution in [3.63, 3.8) is 0 Å². The summed E-state index contributed by atoms with van der Waals surface area (Å²) in [6.45, 7) is 1.86. The number of halogens is 2. The maximum atomic E-state index is 13.6. The first-order chi connectivity index (χ1) is 13.4. The number of anilines is 2. The molecule has 0 bridgehead atoms. The van der Waals surface area contributed by atoms with Gasteiger partial charge in [-0.1, -0.05) is 23.7 Å². The van der Waals surface area contributed by atoms with E-state index in [1.807, 2.05) is 19.1 Å². The lowest BCUT2D eigenvalue weighted by Gasteiger charge is -2.33. The van der Waals surface area contributed by atoms with Crippen LogP contribution >= 0.6 is 11.6 Å². The van der Waals surface area contributed by atoms with Crippen LogP contribution in [0.15, 0.2) is 47.2 Å². The molecule has 0 aliphatic carbocycles. The number of oxazole rings is 1. The minimum absolute atomic E-state index is 0.161. The predicted octanol–water partition coefficient (Wildman–Crippen LogP) is 4.57. The Bertz CT molecular complexity index is 1040. The number of aromatic nitrogens is 1. The number of fused-ring (bicyclic) bond motifs is 1. The number of nitrogens with zero attached hydrogens (tertiary/aromatic N) is 2. The zero-order valence-electron chi connectivity index (χ0n) is 15.2. The van der Waals surface area contributed by atoms with E-state index in [9.17, 15) is 9.18 Å². The second kappa shape index (κ2) is 7.16. The van der Waals surface area contributed by atoms with Gasteiger partial charge >= 0.3 is 0 Å². The average molecular weight is 402 g/mol. The van der Waals surface area contributed by atoms with E-state index < -0.39 is 11.9 Å². The van der Waals surface area contributed by atoms with Crippen molar-refractivity contribution in [2.45, 2.75) is 19.4 Å². The Labute approximate surface area is 165 Å². The van der Waals surface area contributed by atoms with E-state index in [-0.39, 0.29) is 22.7 Å². The third kappa shape index (κ3) is 3.29. The highest BCUT2D eigenvalue weighted by atomic mass is 35.5. The molecule has 0 saturated heterocycles. The van der Waals surface area contributed by atoms with Crippen LogP contribution in [0.5, 0.6) is 11.5 Å². The van der Waals surface area contributed by atoms with Crippen molar-refractivity contribution in [1.29, 1.82) is 0 Å². The highest BCUT2D eigenvalue weighted by molar-refractivity contribution is 6.32. The lowest BCUT2D eigenvalue weighted by atomic mass is 9.95. The fourth-order valence-corrected chi connectivity index (χ4v) is 3.40. The number of carbonyl (C=O) groups is 1. The summed E-state index contributed by atoms with van der Waals surface area (Å²) < 4.78 is 24.8. The van der Waals surface area contributed by atoms with E-state index in [1.165, 1.54) is 35.6 Å². The Hall–Kier alpha value is -3.06. The van der Waals surface area contributed by atoms with E-state index in [4.69, 9.17) is 20.8 Å². The summed E-state index contributed by atoms with van der Waals surface area (Å²) in [6, 6.07) is 7.51. The molecule has 28 heavy (non-hydrogen) atoms. The number of nitrogens with one attached hydrogen (secondary N) is 1. The molecule has 144 valence electrons. The van der Waals surface area contributed by atoms with Gasteiger partial charge in [0.1, 0.15) is 23.9 Å². The first-order valence-corrected chi connectivity index (χ1v) is 9.01. The third-order valence-electron chi connectivity index (χ3n) is 4.64. The number of aryl methyl sites for hydroxylation is 1. The standard InChI is InChI=1S/C20H17ClFN3O3/c1-11-3-4-12-9-15(24-20-23-7-8-27-20)19(26)25(2)17(12)18(11)28-16-10-13(22)5-6-14(16)21/h3-8,10,15H,9H2,1-2H3,(H,23,24)/t15-/m1/s1. The Balaban J connectivity index is 1.71. The Morgan fingerprint density at radius 1 is 1.36 bits per heavy atom. The first kappa shape index (κ1) is 18.3. The molecule has 0 saturated carbocycles. The van der Waals surface area contributed by atoms with Gasteiger partial charge in [-0.3, -0.25) is 4.79 Å². The molecule has 3 aromatic rings. The molecule has 1 aromatic heterocycles. The van der Waals surface area contributed by atoms with Gasteiger partial charge in [-0.15, -0.1) is 0 Å². The molecule has 2 heterocycles. The molecule has 8 heteroatoms. The van der Waals surface area contributed by atoms with Gasteiger partial charge in [-0.05, 0) is 30.2 Å². The summed E-state index contributed by atoms with van der Waals surface area (Å²) >= 11 is 6.15. The Morgan fingerprint density at radius 2 is 2.18 bits per heavy atom. The summed E-state index contributed by atoms with van der Waals surface area (Å²) in [5.74, 6) is 0.0439. The minimum atomic E-state index is -0.524. The number of rotatable bonds is 4. The van der Waals surface area contributed by atoms with Gasteiger partial charge in [-0.2, -0.15) is 0 Å². The number of amides is 1. The summed E-state index contributed by atoms with van der Waals surface area (Å²) in [5, 5.41) is 3.29. The normalized spacial score (nSPS) is 16.1. The Morgan fingerprint density at radius 3 is 2.93 bits per heavy atom. The zero-order chi connectivity index (χ0) is 19.8. The van der Waals surface area contributed by atoms with Crippen molar-refractivity contribution < 1.29 is 18.3 Å². The minimum Gasteiger partial charge on any atom is -0.453 e. The maximum absolute atomic E-state index is 13.6. The van der Waals surface area contributed by atoms with Crippen LogP contribution in [0.25, 0.3) is 0 Å². The van der Waals surface area contributed by atoms with Crippen LogP contribution in [0.4, 0.5) is 16.1 Å². The quantitative estimate of drug-likeness (QED) is 0.693. The van der Waals surface area contributed by atoms with Crippen LogP contribution in [-0.4, -0.2) is 24.0 Å². The van der Waals surface area contributed by atoms with Crippen molar-refractivity contribution in [2.24, 2.45) is 0 Å². The van der Waals surface area contributed by atoms with Crippen molar-refractivity contribution in [3.05, 3.63) is 64.8 Å². The summed E-state index contributed by atoms with van der Waals surface area (Å²) in [5.41, 5.74) is 2.34. The summed E-state index contributed by atoms with van der Waals surface area (Å²) in [4.78, 5) is 18.4. The monoisotopic (exact) mass is 401 g/mol. The van der Waals surface area contributed by atoms with Gasteiger partial charge in [0.25, 0.3) is 6.01 Å². The largest absolute Gasteiger partial charge is 0.453 e.